The summed E-state index contributed by atoms with van der Waals surface area (Å²) in [7, 11) is 0. The summed E-state index contributed by atoms with van der Waals surface area (Å²) in [6, 6.07) is 5.53. The van der Waals surface area contributed by atoms with Crippen molar-refractivity contribution in [3.8, 4) is 11.5 Å². The molecule has 1 amide bonds. The maximum atomic E-state index is 14.6. The number of aromatic nitrogens is 2. The van der Waals surface area contributed by atoms with E-state index in [4.69, 9.17) is 4.74 Å². The normalized spacial score (nSPS) is 18.4. The SMILES string of the molecule is CC(C(=O)Nc1ccc(Oc2cc(F)c(F)cc2F)cn1)N1CCC(F)(F)C(c2cc[n+]([O-])cc2)C1. The van der Waals surface area contributed by atoms with Crippen LogP contribution in [0.2, 0.25) is 0 Å². The van der Waals surface area contributed by atoms with Crippen LogP contribution in [-0.2, 0) is 4.79 Å². The van der Waals surface area contributed by atoms with Crippen molar-refractivity contribution >= 4 is 11.7 Å². The molecule has 1 fully saturated rings. The van der Waals surface area contributed by atoms with E-state index < -0.39 is 53.4 Å². The minimum absolute atomic E-state index is 0.00746. The van der Waals surface area contributed by atoms with Gasteiger partial charge in [-0.25, -0.2) is 26.9 Å². The Bertz CT molecular complexity index is 1240. The fourth-order valence-corrected chi connectivity index (χ4v) is 3.90. The average molecular weight is 508 g/mol. The number of pyridine rings is 2. The lowest BCUT2D eigenvalue weighted by molar-refractivity contribution is -0.605. The molecule has 2 atom stereocenters. The van der Waals surface area contributed by atoms with E-state index in [1.54, 1.807) is 11.8 Å². The van der Waals surface area contributed by atoms with E-state index in [0.29, 0.717) is 22.4 Å². The molecule has 0 spiro atoms. The molecule has 3 heterocycles. The first kappa shape index (κ1) is 25.3. The number of likely N-dealkylation sites (tertiary alicyclic amines) is 1. The molecule has 36 heavy (non-hydrogen) atoms. The van der Waals surface area contributed by atoms with Gasteiger partial charge in [0.2, 0.25) is 5.91 Å². The van der Waals surface area contributed by atoms with Gasteiger partial charge in [-0.05, 0) is 24.6 Å². The lowest BCUT2D eigenvalue weighted by Gasteiger charge is -2.40. The smallest absolute Gasteiger partial charge is 0.257 e. The Kier molecular flexibility index (Phi) is 7.07. The van der Waals surface area contributed by atoms with Crippen molar-refractivity contribution in [3.63, 3.8) is 0 Å². The largest absolute Gasteiger partial charge is 0.619 e. The molecule has 1 aliphatic rings. The molecule has 0 aliphatic carbocycles. The number of anilines is 1. The number of benzene rings is 1. The monoisotopic (exact) mass is 508 g/mol. The number of carbonyl (C=O) groups is 1. The number of ether oxygens (including phenoxy) is 1. The van der Waals surface area contributed by atoms with Crippen molar-refractivity contribution in [2.24, 2.45) is 0 Å². The number of hydrogen-bond acceptors (Lipinski definition) is 5. The molecule has 0 saturated carbocycles. The van der Waals surface area contributed by atoms with Crippen molar-refractivity contribution in [2.45, 2.75) is 31.2 Å². The first-order valence-electron chi connectivity index (χ1n) is 10.9. The summed E-state index contributed by atoms with van der Waals surface area (Å²) in [5.41, 5.74) is 0.305. The predicted molar refractivity (Wildman–Crippen MR) is 118 cm³/mol. The first-order valence-corrected chi connectivity index (χ1v) is 10.9. The second kappa shape index (κ2) is 10.1. The minimum Gasteiger partial charge on any atom is -0.619 e. The van der Waals surface area contributed by atoms with Gasteiger partial charge in [0.05, 0.1) is 18.2 Å². The topological polar surface area (TPSA) is 81.4 Å². The molecule has 1 N–H and O–H groups in total. The van der Waals surface area contributed by atoms with Crippen LogP contribution in [0.3, 0.4) is 0 Å². The van der Waals surface area contributed by atoms with Crippen LogP contribution in [0, 0.1) is 22.7 Å². The maximum Gasteiger partial charge on any atom is 0.257 e. The van der Waals surface area contributed by atoms with Crippen molar-refractivity contribution in [1.29, 1.82) is 0 Å². The molecule has 12 heteroatoms. The fraction of sp³-hybridized carbons (Fsp3) is 0.292. The Morgan fingerprint density at radius 3 is 2.53 bits per heavy atom. The van der Waals surface area contributed by atoms with Crippen molar-refractivity contribution in [3.05, 3.63) is 83.2 Å². The van der Waals surface area contributed by atoms with Gasteiger partial charge in [-0.15, -0.1) is 0 Å². The highest BCUT2D eigenvalue weighted by molar-refractivity contribution is 5.93. The van der Waals surface area contributed by atoms with E-state index in [2.05, 4.69) is 10.3 Å². The molecule has 190 valence electrons. The van der Waals surface area contributed by atoms with Crippen molar-refractivity contribution < 1.29 is 36.2 Å². The van der Waals surface area contributed by atoms with Gasteiger partial charge in [0.25, 0.3) is 5.92 Å². The van der Waals surface area contributed by atoms with Gasteiger partial charge in [0.1, 0.15) is 11.6 Å². The summed E-state index contributed by atoms with van der Waals surface area (Å²) in [4.78, 5) is 18.4. The Balaban J connectivity index is 1.39. The number of rotatable bonds is 6. The van der Waals surface area contributed by atoms with Gasteiger partial charge in [-0.1, -0.05) is 0 Å². The standard InChI is InChI=1S/C24H21F5N4O3/c1-14(32-9-6-24(28,29)17(13-32)15-4-7-33(35)8-5-15)23(34)31-22-3-2-16(12-30-22)36-21-11-19(26)18(25)10-20(21)27/h2-5,7-8,10-12,14,17H,6,9,13H2,1H3,(H,30,31,34). The number of piperidine rings is 1. The minimum atomic E-state index is -2.99. The van der Waals surface area contributed by atoms with Crippen molar-refractivity contribution in [2.75, 3.05) is 18.4 Å². The molecule has 3 aromatic rings. The molecule has 0 bridgehead atoms. The maximum absolute atomic E-state index is 14.6. The fourth-order valence-electron chi connectivity index (χ4n) is 3.90. The van der Waals surface area contributed by atoms with E-state index in [1.807, 2.05) is 0 Å². The molecule has 1 aliphatic heterocycles. The summed E-state index contributed by atoms with van der Waals surface area (Å²) >= 11 is 0. The molecule has 1 saturated heterocycles. The van der Waals surface area contributed by atoms with Crippen LogP contribution >= 0.6 is 0 Å². The van der Waals surface area contributed by atoms with Gasteiger partial charge in [-0.3, -0.25) is 9.69 Å². The number of alkyl halides is 2. The van der Waals surface area contributed by atoms with Gasteiger partial charge < -0.3 is 15.3 Å². The molecule has 2 aromatic heterocycles. The molecule has 7 nitrogen and oxygen atoms in total. The summed E-state index contributed by atoms with van der Waals surface area (Å²) in [5, 5.41) is 13.8. The van der Waals surface area contributed by atoms with Gasteiger partial charge in [0.15, 0.2) is 35.6 Å². The van der Waals surface area contributed by atoms with E-state index >= 15 is 0 Å². The van der Waals surface area contributed by atoms with Crippen LogP contribution in [0.25, 0.3) is 0 Å². The van der Waals surface area contributed by atoms with E-state index in [9.17, 15) is 32.0 Å². The summed E-state index contributed by atoms with van der Waals surface area (Å²) in [6.45, 7) is 1.48. The second-order valence-electron chi connectivity index (χ2n) is 8.39. The zero-order valence-corrected chi connectivity index (χ0v) is 18.9. The Morgan fingerprint density at radius 1 is 1.17 bits per heavy atom. The zero-order valence-electron chi connectivity index (χ0n) is 18.9. The van der Waals surface area contributed by atoms with E-state index in [1.165, 1.54) is 24.3 Å². The lowest BCUT2D eigenvalue weighted by Crippen LogP contribution is -2.52. The van der Waals surface area contributed by atoms with Gasteiger partial charge in [0, 0.05) is 43.8 Å². The number of carbonyl (C=O) groups excluding carboxylic acids is 1. The number of nitrogens with one attached hydrogen (secondary N) is 1. The van der Waals surface area contributed by atoms with Gasteiger partial charge in [-0.2, -0.15) is 4.73 Å². The number of nitrogens with zero attached hydrogens (tertiary/aromatic N) is 3. The van der Waals surface area contributed by atoms with Crippen LogP contribution in [-0.4, -0.2) is 40.8 Å². The number of halogens is 5. The van der Waals surface area contributed by atoms with Gasteiger partial charge >= 0.3 is 0 Å². The Labute approximate surface area is 202 Å². The molecule has 2 unspecified atom stereocenters. The summed E-state index contributed by atoms with van der Waals surface area (Å²) in [5.74, 6) is -8.82. The molecule has 4 rings (SSSR count). The van der Waals surface area contributed by atoms with Crippen molar-refractivity contribution in [1.82, 2.24) is 9.88 Å². The quantitative estimate of drug-likeness (QED) is 0.231. The molecule has 1 aromatic carbocycles. The van der Waals surface area contributed by atoms with Crippen LogP contribution in [0.4, 0.5) is 27.8 Å². The van der Waals surface area contributed by atoms with Crippen LogP contribution in [0.5, 0.6) is 11.5 Å². The van der Waals surface area contributed by atoms with Crippen LogP contribution in [0.15, 0.2) is 55.0 Å². The summed E-state index contributed by atoms with van der Waals surface area (Å²) < 4.78 is 75.0. The third-order valence-electron chi connectivity index (χ3n) is 6.01. The van der Waals surface area contributed by atoms with E-state index in [0.717, 1.165) is 18.6 Å². The molecular weight excluding hydrogens is 487 g/mol. The first-order chi connectivity index (χ1) is 17.0. The number of amides is 1. The lowest BCUT2D eigenvalue weighted by atomic mass is 9.87. The predicted octanol–water partition coefficient (Wildman–Crippen LogP) is 4.38. The second-order valence-corrected chi connectivity index (χ2v) is 8.39. The van der Waals surface area contributed by atoms with Crippen LogP contribution < -0.4 is 14.8 Å². The highest BCUT2D eigenvalue weighted by Crippen LogP contribution is 2.40. The highest BCUT2D eigenvalue weighted by atomic mass is 19.3. The Morgan fingerprint density at radius 2 is 1.86 bits per heavy atom. The average Bonchev–Trinajstić information content (AvgIpc) is 2.84. The zero-order chi connectivity index (χ0) is 26.0. The highest BCUT2D eigenvalue weighted by Gasteiger charge is 2.46. The molecule has 0 radical (unpaired) electrons. The summed E-state index contributed by atoms with van der Waals surface area (Å²) in [6.07, 6.45) is 3.00. The molecular formula is C24H21F5N4O3. The third kappa shape index (κ3) is 5.54. The van der Waals surface area contributed by atoms with Crippen LogP contribution in [0.1, 0.15) is 24.8 Å². The Hall–Kier alpha value is -3.80. The third-order valence-corrected chi connectivity index (χ3v) is 6.01. The van der Waals surface area contributed by atoms with E-state index in [-0.39, 0.29) is 24.7 Å². The number of hydrogen-bond donors (Lipinski definition) is 1.